The number of halogens is 1. The molecule has 8 heteroatoms. The molecule has 0 aliphatic rings. The van der Waals surface area contributed by atoms with Gasteiger partial charge < -0.3 is 19.5 Å². The van der Waals surface area contributed by atoms with Gasteiger partial charge in [0, 0.05) is 10.2 Å². The van der Waals surface area contributed by atoms with Crippen LogP contribution in [-0.2, 0) is 14.3 Å². The van der Waals surface area contributed by atoms with E-state index in [1.807, 2.05) is 0 Å². The predicted molar refractivity (Wildman–Crippen MR) is 102 cm³/mol. The highest BCUT2D eigenvalue weighted by molar-refractivity contribution is 9.10. The predicted octanol–water partition coefficient (Wildman–Crippen LogP) is 3.43. The molecule has 142 valence electrons. The molecule has 1 unspecified atom stereocenters. The number of rotatable bonds is 6. The third kappa shape index (κ3) is 5.55. The molecular formula is C19H18BrNO6. The average molecular weight is 436 g/mol. The molecular weight excluding hydrogens is 418 g/mol. The maximum absolute atomic E-state index is 12.4. The van der Waals surface area contributed by atoms with Crippen molar-refractivity contribution >= 4 is 39.5 Å². The third-order valence-electron chi connectivity index (χ3n) is 3.54. The maximum Gasteiger partial charge on any atom is 0.337 e. The molecule has 2 aromatic rings. The van der Waals surface area contributed by atoms with Crippen LogP contribution in [0.4, 0.5) is 5.69 Å². The van der Waals surface area contributed by atoms with Gasteiger partial charge in [-0.1, -0.05) is 15.9 Å². The van der Waals surface area contributed by atoms with Crippen LogP contribution in [0.2, 0.25) is 0 Å². The minimum absolute atomic E-state index is 0.109. The van der Waals surface area contributed by atoms with Crippen molar-refractivity contribution in [2.45, 2.75) is 13.0 Å². The zero-order valence-electron chi connectivity index (χ0n) is 14.9. The molecule has 0 heterocycles. The lowest BCUT2D eigenvalue weighted by Gasteiger charge is -2.15. The monoisotopic (exact) mass is 435 g/mol. The van der Waals surface area contributed by atoms with E-state index < -0.39 is 23.9 Å². The van der Waals surface area contributed by atoms with E-state index in [0.717, 1.165) is 4.47 Å². The number of ether oxygens (including phenoxy) is 3. The Morgan fingerprint density at radius 2 is 1.44 bits per heavy atom. The summed E-state index contributed by atoms with van der Waals surface area (Å²) in [6.45, 7) is 1.59. The van der Waals surface area contributed by atoms with Crippen molar-refractivity contribution in [2.75, 3.05) is 19.5 Å². The molecule has 0 aliphatic carbocycles. The summed E-state index contributed by atoms with van der Waals surface area (Å²) in [5.74, 6) is -1.21. The Balaban J connectivity index is 2.18. The highest BCUT2D eigenvalue weighted by atomic mass is 79.9. The van der Waals surface area contributed by atoms with Crippen LogP contribution in [0, 0.1) is 0 Å². The molecule has 0 radical (unpaired) electrons. The van der Waals surface area contributed by atoms with Crippen LogP contribution < -0.4 is 10.1 Å². The van der Waals surface area contributed by atoms with E-state index in [2.05, 4.69) is 30.7 Å². The normalized spacial score (nSPS) is 11.3. The fourth-order valence-electron chi connectivity index (χ4n) is 2.19. The SMILES string of the molecule is COC(=O)c1cc(NC(=O)C(C)Oc2ccc(Br)cc2)cc(C(=O)OC)c1. The third-order valence-corrected chi connectivity index (χ3v) is 4.07. The molecule has 0 saturated carbocycles. The minimum Gasteiger partial charge on any atom is -0.481 e. The van der Waals surface area contributed by atoms with E-state index in [1.54, 1.807) is 31.2 Å². The van der Waals surface area contributed by atoms with Crippen molar-refractivity contribution < 1.29 is 28.6 Å². The highest BCUT2D eigenvalue weighted by Gasteiger charge is 2.18. The molecule has 7 nitrogen and oxygen atoms in total. The van der Waals surface area contributed by atoms with E-state index in [0.29, 0.717) is 5.75 Å². The second-order valence-corrected chi connectivity index (χ2v) is 6.40. The Kier molecular flexibility index (Phi) is 6.95. The van der Waals surface area contributed by atoms with Gasteiger partial charge in [0.25, 0.3) is 5.91 Å². The van der Waals surface area contributed by atoms with Gasteiger partial charge in [0.1, 0.15) is 5.75 Å². The summed E-state index contributed by atoms with van der Waals surface area (Å²) < 4.78 is 15.8. The van der Waals surface area contributed by atoms with Gasteiger partial charge >= 0.3 is 11.9 Å². The van der Waals surface area contributed by atoms with Crippen LogP contribution in [0.3, 0.4) is 0 Å². The quantitative estimate of drug-likeness (QED) is 0.698. The van der Waals surface area contributed by atoms with E-state index in [1.165, 1.54) is 32.4 Å². The van der Waals surface area contributed by atoms with Gasteiger partial charge in [0.15, 0.2) is 6.10 Å². The topological polar surface area (TPSA) is 90.9 Å². The molecule has 0 bridgehead atoms. The standard InChI is InChI=1S/C19H18BrNO6/c1-11(27-16-6-4-14(20)5-7-16)17(22)21-15-9-12(18(23)25-2)8-13(10-15)19(24)26-3/h4-11H,1-3H3,(H,21,22). The number of amides is 1. The summed E-state index contributed by atoms with van der Waals surface area (Å²) in [5, 5.41) is 2.62. The molecule has 27 heavy (non-hydrogen) atoms. The van der Waals surface area contributed by atoms with Crippen molar-refractivity contribution in [1.29, 1.82) is 0 Å². The smallest absolute Gasteiger partial charge is 0.337 e. The lowest BCUT2D eigenvalue weighted by Crippen LogP contribution is -2.30. The van der Waals surface area contributed by atoms with E-state index in [-0.39, 0.29) is 16.8 Å². The van der Waals surface area contributed by atoms with Gasteiger partial charge in [0.2, 0.25) is 0 Å². The number of hydrogen-bond donors (Lipinski definition) is 1. The Labute approximate surface area is 164 Å². The maximum atomic E-state index is 12.4. The largest absolute Gasteiger partial charge is 0.481 e. The molecule has 1 amide bonds. The van der Waals surface area contributed by atoms with Gasteiger partial charge in [-0.3, -0.25) is 4.79 Å². The van der Waals surface area contributed by atoms with Crippen molar-refractivity contribution in [3.8, 4) is 5.75 Å². The fraction of sp³-hybridized carbons (Fsp3) is 0.211. The number of carbonyl (C=O) groups is 3. The van der Waals surface area contributed by atoms with Crippen LogP contribution in [0.15, 0.2) is 46.9 Å². The first-order chi connectivity index (χ1) is 12.8. The average Bonchev–Trinajstić information content (AvgIpc) is 2.67. The van der Waals surface area contributed by atoms with Crippen molar-refractivity contribution in [2.24, 2.45) is 0 Å². The van der Waals surface area contributed by atoms with Crippen molar-refractivity contribution in [3.05, 3.63) is 58.1 Å². The number of nitrogens with one attached hydrogen (secondary N) is 1. The molecule has 0 saturated heterocycles. The van der Waals surface area contributed by atoms with Crippen LogP contribution in [0.1, 0.15) is 27.6 Å². The zero-order valence-corrected chi connectivity index (χ0v) is 16.5. The zero-order chi connectivity index (χ0) is 20.0. The first-order valence-electron chi connectivity index (χ1n) is 7.89. The summed E-state index contributed by atoms with van der Waals surface area (Å²) in [7, 11) is 2.44. The molecule has 0 aromatic heterocycles. The number of hydrogen-bond acceptors (Lipinski definition) is 6. The molecule has 0 aliphatic heterocycles. The van der Waals surface area contributed by atoms with Gasteiger partial charge in [-0.2, -0.15) is 0 Å². The molecule has 0 spiro atoms. The van der Waals surface area contributed by atoms with Crippen molar-refractivity contribution in [1.82, 2.24) is 0 Å². The molecule has 2 rings (SSSR count). The number of carbonyl (C=O) groups excluding carboxylic acids is 3. The number of esters is 2. The molecule has 2 aromatic carbocycles. The second-order valence-electron chi connectivity index (χ2n) is 5.49. The summed E-state index contributed by atoms with van der Waals surface area (Å²) >= 11 is 3.32. The first kappa shape index (κ1) is 20.4. The Morgan fingerprint density at radius 3 is 1.93 bits per heavy atom. The Morgan fingerprint density at radius 1 is 0.926 bits per heavy atom. The Hall–Kier alpha value is -2.87. The molecule has 1 atom stereocenters. The first-order valence-corrected chi connectivity index (χ1v) is 8.68. The minimum atomic E-state index is -0.811. The highest BCUT2D eigenvalue weighted by Crippen LogP contribution is 2.20. The summed E-state index contributed by atoms with van der Waals surface area (Å²) in [5.41, 5.74) is 0.462. The lowest BCUT2D eigenvalue weighted by atomic mass is 10.1. The van der Waals surface area contributed by atoms with Crippen molar-refractivity contribution in [3.63, 3.8) is 0 Å². The molecule has 0 fully saturated rings. The van der Waals surface area contributed by atoms with Gasteiger partial charge in [0.05, 0.1) is 25.3 Å². The van der Waals surface area contributed by atoms with Crippen LogP contribution in [-0.4, -0.2) is 38.2 Å². The summed E-state index contributed by atoms with van der Waals surface area (Å²) in [6.07, 6.45) is -0.811. The number of benzene rings is 2. The van der Waals surface area contributed by atoms with Gasteiger partial charge in [-0.25, -0.2) is 9.59 Å². The van der Waals surface area contributed by atoms with E-state index in [9.17, 15) is 14.4 Å². The van der Waals surface area contributed by atoms with Crippen LogP contribution in [0.25, 0.3) is 0 Å². The fourth-order valence-corrected chi connectivity index (χ4v) is 2.45. The van der Waals surface area contributed by atoms with Crippen LogP contribution >= 0.6 is 15.9 Å². The molecule has 1 N–H and O–H groups in total. The lowest BCUT2D eigenvalue weighted by molar-refractivity contribution is -0.122. The summed E-state index contributed by atoms with van der Waals surface area (Å²) in [6, 6.07) is 11.2. The Bertz CT molecular complexity index is 816. The van der Waals surface area contributed by atoms with E-state index in [4.69, 9.17) is 4.74 Å². The van der Waals surface area contributed by atoms with E-state index >= 15 is 0 Å². The summed E-state index contributed by atoms with van der Waals surface area (Å²) in [4.78, 5) is 36.0. The van der Waals surface area contributed by atoms with Gasteiger partial charge in [-0.15, -0.1) is 0 Å². The van der Waals surface area contributed by atoms with Gasteiger partial charge in [-0.05, 0) is 49.4 Å². The number of anilines is 1. The van der Waals surface area contributed by atoms with Crippen LogP contribution in [0.5, 0.6) is 5.75 Å². The number of methoxy groups -OCH3 is 2. The second kappa shape index (κ2) is 9.18.